The van der Waals surface area contributed by atoms with Crippen molar-refractivity contribution in [3.63, 3.8) is 0 Å². The number of carbonyl (C=O) groups is 1. The fourth-order valence-corrected chi connectivity index (χ4v) is 5.21. The molecule has 0 spiro atoms. The van der Waals surface area contributed by atoms with Crippen LogP contribution in [0.25, 0.3) is 10.8 Å². The normalized spacial score (nSPS) is 21.1. The van der Waals surface area contributed by atoms with Gasteiger partial charge in [-0.05, 0) is 62.5 Å². The van der Waals surface area contributed by atoms with Gasteiger partial charge in [0.25, 0.3) is 11.1 Å². The molecule has 2 aromatic heterocycles. The fraction of sp³-hybridized carbons (Fsp3) is 0.579. The Bertz CT molecular complexity index is 896. The van der Waals surface area contributed by atoms with Gasteiger partial charge in [-0.25, -0.2) is 0 Å². The molecule has 0 saturated heterocycles. The molecule has 1 saturated carbocycles. The van der Waals surface area contributed by atoms with Crippen molar-refractivity contribution in [3.8, 4) is 16.8 Å². The Hall–Kier alpha value is -1.85. The van der Waals surface area contributed by atoms with Crippen LogP contribution in [0.4, 0.5) is 0 Å². The maximum Gasteiger partial charge on any atom is 0.277 e. The van der Waals surface area contributed by atoms with Crippen LogP contribution in [0.5, 0.6) is 0 Å². The third kappa shape index (κ3) is 4.04. The van der Waals surface area contributed by atoms with E-state index in [9.17, 15) is 10.1 Å². The highest BCUT2D eigenvalue weighted by atomic mass is 32.2. The maximum atomic E-state index is 12.2. The molecule has 27 heavy (non-hydrogen) atoms. The lowest BCUT2D eigenvalue weighted by atomic mass is 9.90. The highest BCUT2D eigenvalue weighted by molar-refractivity contribution is 7.99. The minimum atomic E-state index is -0.773. The standard InChI is InChI=1S/C19H22N4O2S2/c1-11-3-6-14-12(7-11)8-15(27-14)17-22-23-18(25-17)26-9-16(24)21-19(2,10-20)13-4-5-13/h8,11,13H,3-7,9H2,1-2H3,(H,21,24)/t11-,19-/m0/s1. The van der Waals surface area contributed by atoms with E-state index in [1.54, 1.807) is 18.3 Å². The number of hydrogen-bond acceptors (Lipinski definition) is 7. The van der Waals surface area contributed by atoms with Crippen molar-refractivity contribution in [3.05, 3.63) is 16.5 Å². The lowest BCUT2D eigenvalue weighted by molar-refractivity contribution is -0.119. The SMILES string of the molecule is C[C@H]1CCc2sc(-c3nnc(SCC(=O)N[C@@](C)(C#N)C4CC4)o3)cc2C1. The van der Waals surface area contributed by atoms with Crippen molar-refractivity contribution in [1.82, 2.24) is 15.5 Å². The summed E-state index contributed by atoms with van der Waals surface area (Å²) in [6, 6.07) is 4.40. The van der Waals surface area contributed by atoms with Crippen LogP contribution >= 0.6 is 23.1 Å². The Kier molecular flexibility index (Phi) is 4.99. The van der Waals surface area contributed by atoms with Crippen molar-refractivity contribution in [2.75, 3.05) is 5.75 Å². The molecule has 2 heterocycles. The molecule has 0 aliphatic heterocycles. The van der Waals surface area contributed by atoms with Crippen LogP contribution in [0, 0.1) is 23.2 Å². The van der Waals surface area contributed by atoms with E-state index >= 15 is 0 Å². The van der Waals surface area contributed by atoms with E-state index in [0.717, 1.165) is 36.5 Å². The summed E-state index contributed by atoms with van der Waals surface area (Å²) in [5, 5.41) is 20.8. The van der Waals surface area contributed by atoms with Crippen LogP contribution in [0.2, 0.25) is 0 Å². The van der Waals surface area contributed by atoms with E-state index in [0.29, 0.717) is 11.1 Å². The third-order valence-corrected chi connectivity index (χ3v) is 7.34. The first-order chi connectivity index (χ1) is 13.0. The summed E-state index contributed by atoms with van der Waals surface area (Å²) in [4.78, 5) is 14.6. The second kappa shape index (κ2) is 7.28. The van der Waals surface area contributed by atoms with Crippen LogP contribution in [0.15, 0.2) is 15.7 Å². The lowest BCUT2D eigenvalue weighted by Crippen LogP contribution is -2.47. The number of aromatic nitrogens is 2. The number of nitrogens with one attached hydrogen (secondary N) is 1. The number of fused-ring (bicyclic) bond motifs is 1. The number of carbonyl (C=O) groups excluding carboxylic acids is 1. The molecule has 2 atom stereocenters. The van der Waals surface area contributed by atoms with Gasteiger partial charge in [0.2, 0.25) is 5.91 Å². The molecule has 2 aliphatic rings. The topological polar surface area (TPSA) is 91.8 Å². The highest BCUT2D eigenvalue weighted by Crippen LogP contribution is 2.39. The largest absolute Gasteiger partial charge is 0.410 e. The predicted molar refractivity (Wildman–Crippen MR) is 104 cm³/mol. The first-order valence-electron chi connectivity index (χ1n) is 9.27. The predicted octanol–water partition coefficient (Wildman–Crippen LogP) is 3.82. The summed E-state index contributed by atoms with van der Waals surface area (Å²) in [5.74, 6) is 1.48. The Labute approximate surface area is 166 Å². The monoisotopic (exact) mass is 402 g/mol. The number of thioether (sulfide) groups is 1. The summed E-state index contributed by atoms with van der Waals surface area (Å²) >= 11 is 2.93. The molecule has 4 rings (SSSR count). The van der Waals surface area contributed by atoms with Gasteiger partial charge in [0, 0.05) is 4.88 Å². The Morgan fingerprint density at radius 3 is 3.04 bits per heavy atom. The summed E-state index contributed by atoms with van der Waals surface area (Å²) in [6.45, 7) is 4.07. The molecule has 2 aliphatic carbocycles. The summed E-state index contributed by atoms with van der Waals surface area (Å²) < 4.78 is 5.75. The van der Waals surface area contributed by atoms with Crippen molar-refractivity contribution in [2.45, 2.75) is 56.7 Å². The average molecular weight is 403 g/mol. The molecular formula is C19H22N4O2S2. The van der Waals surface area contributed by atoms with E-state index in [1.165, 1.54) is 28.6 Å². The van der Waals surface area contributed by atoms with E-state index in [2.05, 4.69) is 34.6 Å². The Morgan fingerprint density at radius 1 is 1.48 bits per heavy atom. The minimum absolute atomic E-state index is 0.157. The van der Waals surface area contributed by atoms with Gasteiger partial charge in [0.15, 0.2) is 0 Å². The van der Waals surface area contributed by atoms with Gasteiger partial charge in [-0.3, -0.25) is 4.79 Å². The number of thiophene rings is 1. The molecule has 8 heteroatoms. The van der Waals surface area contributed by atoms with Gasteiger partial charge in [0.05, 0.1) is 16.7 Å². The van der Waals surface area contributed by atoms with Gasteiger partial charge in [-0.15, -0.1) is 21.5 Å². The molecule has 2 aromatic rings. The molecule has 6 nitrogen and oxygen atoms in total. The van der Waals surface area contributed by atoms with Crippen molar-refractivity contribution in [1.29, 1.82) is 5.26 Å². The average Bonchev–Trinajstić information content (AvgIpc) is 3.26. The molecule has 142 valence electrons. The first-order valence-corrected chi connectivity index (χ1v) is 11.1. The summed E-state index contributed by atoms with van der Waals surface area (Å²) in [6.07, 6.45) is 5.45. The van der Waals surface area contributed by atoms with Crippen molar-refractivity contribution < 1.29 is 9.21 Å². The number of nitrogens with zero attached hydrogens (tertiary/aromatic N) is 3. The zero-order valence-corrected chi connectivity index (χ0v) is 17.1. The molecule has 1 fully saturated rings. The van der Waals surface area contributed by atoms with Gasteiger partial charge < -0.3 is 9.73 Å². The third-order valence-electron chi connectivity index (χ3n) is 5.30. The second-order valence-corrected chi connectivity index (χ2v) is 9.77. The summed E-state index contributed by atoms with van der Waals surface area (Å²) in [5.41, 5.74) is 0.626. The van der Waals surface area contributed by atoms with Gasteiger partial charge in [-0.2, -0.15) is 5.26 Å². The van der Waals surface area contributed by atoms with Crippen LogP contribution in [0.1, 0.15) is 43.6 Å². The van der Waals surface area contributed by atoms with Crippen LogP contribution in [0.3, 0.4) is 0 Å². The highest BCUT2D eigenvalue weighted by Gasteiger charge is 2.43. The Morgan fingerprint density at radius 2 is 2.30 bits per heavy atom. The van der Waals surface area contributed by atoms with E-state index < -0.39 is 5.54 Å². The van der Waals surface area contributed by atoms with E-state index in [4.69, 9.17) is 4.42 Å². The number of amides is 1. The summed E-state index contributed by atoms with van der Waals surface area (Å²) in [7, 11) is 0. The minimum Gasteiger partial charge on any atom is -0.410 e. The second-order valence-electron chi connectivity index (χ2n) is 7.71. The van der Waals surface area contributed by atoms with Crippen LogP contribution in [-0.4, -0.2) is 27.4 Å². The quantitative estimate of drug-likeness (QED) is 0.739. The number of hydrogen-bond donors (Lipinski definition) is 1. The molecular weight excluding hydrogens is 380 g/mol. The molecule has 0 radical (unpaired) electrons. The van der Waals surface area contributed by atoms with Crippen molar-refractivity contribution >= 4 is 29.0 Å². The zero-order valence-electron chi connectivity index (χ0n) is 15.4. The van der Waals surface area contributed by atoms with Crippen LogP contribution < -0.4 is 5.32 Å². The molecule has 0 aromatic carbocycles. The lowest BCUT2D eigenvalue weighted by Gasteiger charge is -2.22. The zero-order chi connectivity index (χ0) is 19.0. The van der Waals surface area contributed by atoms with Gasteiger partial charge in [-0.1, -0.05) is 18.7 Å². The Balaban J connectivity index is 1.36. The maximum absolute atomic E-state index is 12.2. The molecule has 0 bridgehead atoms. The van der Waals surface area contributed by atoms with Crippen LogP contribution in [-0.2, 0) is 17.6 Å². The molecule has 0 unspecified atom stereocenters. The number of nitriles is 1. The van der Waals surface area contributed by atoms with E-state index in [1.807, 2.05) is 0 Å². The first kappa shape index (κ1) is 18.5. The molecule has 1 N–H and O–H groups in total. The fourth-order valence-electron chi connectivity index (χ4n) is 3.51. The molecule has 1 amide bonds. The van der Waals surface area contributed by atoms with Gasteiger partial charge in [0.1, 0.15) is 5.54 Å². The van der Waals surface area contributed by atoms with E-state index in [-0.39, 0.29) is 17.6 Å². The van der Waals surface area contributed by atoms with Gasteiger partial charge >= 0.3 is 0 Å². The number of aryl methyl sites for hydroxylation is 1. The number of rotatable bonds is 6. The van der Waals surface area contributed by atoms with Crippen molar-refractivity contribution in [2.24, 2.45) is 11.8 Å². The smallest absolute Gasteiger partial charge is 0.277 e.